The van der Waals surface area contributed by atoms with Gasteiger partial charge in [-0.15, -0.1) is 0 Å². The molecule has 0 fully saturated rings. The van der Waals surface area contributed by atoms with Crippen LogP contribution in [0.3, 0.4) is 0 Å². The SMILES string of the molecule is CCC(CC)CCSP(C)(=O)OCC(C)C. The molecule has 0 saturated heterocycles. The molecule has 1 atom stereocenters. The van der Waals surface area contributed by atoms with Gasteiger partial charge in [0.05, 0.1) is 6.61 Å². The van der Waals surface area contributed by atoms with E-state index in [1.54, 1.807) is 6.66 Å². The summed E-state index contributed by atoms with van der Waals surface area (Å²) in [5.74, 6) is 2.18. The fourth-order valence-electron chi connectivity index (χ4n) is 1.40. The molecule has 0 radical (unpaired) electrons. The molecule has 1 unspecified atom stereocenters. The Morgan fingerprint density at radius 2 is 1.81 bits per heavy atom. The first-order chi connectivity index (χ1) is 7.41. The predicted molar refractivity (Wildman–Crippen MR) is 75.5 cm³/mol. The summed E-state index contributed by atoms with van der Waals surface area (Å²) < 4.78 is 17.5. The average Bonchev–Trinajstić information content (AvgIpc) is 2.22. The van der Waals surface area contributed by atoms with Gasteiger partial charge in [-0.2, -0.15) is 0 Å². The van der Waals surface area contributed by atoms with Crippen molar-refractivity contribution < 1.29 is 9.09 Å². The first-order valence-corrected chi connectivity index (χ1v) is 9.94. The lowest BCUT2D eigenvalue weighted by atomic mass is 10.0. The van der Waals surface area contributed by atoms with Gasteiger partial charge in [0.2, 0.25) is 0 Å². The molecule has 0 heterocycles. The lowest BCUT2D eigenvalue weighted by Crippen LogP contribution is -2.00. The predicted octanol–water partition coefficient (Wildman–Crippen LogP) is 5.04. The standard InChI is InChI=1S/C12H27O2PS/c1-6-12(7-2)8-9-16-15(5,13)14-10-11(3)4/h11-12H,6-10H2,1-5H3. The highest BCUT2D eigenvalue weighted by Gasteiger charge is 2.17. The Kier molecular flexibility index (Phi) is 8.90. The highest BCUT2D eigenvalue weighted by Crippen LogP contribution is 2.56. The summed E-state index contributed by atoms with van der Waals surface area (Å²) in [5.41, 5.74) is 0. The van der Waals surface area contributed by atoms with Crippen LogP contribution >= 0.6 is 18.0 Å². The largest absolute Gasteiger partial charge is 0.321 e. The van der Waals surface area contributed by atoms with Gasteiger partial charge in [-0.25, -0.2) is 0 Å². The molecule has 0 aromatic carbocycles. The van der Waals surface area contributed by atoms with Gasteiger partial charge in [0.15, 0.2) is 0 Å². The second-order valence-electron chi connectivity index (χ2n) is 4.77. The van der Waals surface area contributed by atoms with E-state index in [2.05, 4.69) is 27.7 Å². The Bertz CT molecular complexity index is 215. The Morgan fingerprint density at radius 1 is 1.25 bits per heavy atom. The van der Waals surface area contributed by atoms with Crippen LogP contribution in [-0.4, -0.2) is 19.0 Å². The fourth-order valence-corrected chi connectivity index (χ4v) is 4.54. The van der Waals surface area contributed by atoms with Gasteiger partial charge >= 0.3 is 0 Å². The molecule has 98 valence electrons. The van der Waals surface area contributed by atoms with Crippen molar-refractivity contribution >= 4 is 18.0 Å². The van der Waals surface area contributed by atoms with E-state index >= 15 is 0 Å². The molecule has 2 nitrogen and oxygen atoms in total. The summed E-state index contributed by atoms with van der Waals surface area (Å²) in [4.78, 5) is 0. The van der Waals surface area contributed by atoms with E-state index in [1.807, 2.05) is 0 Å². The third kappa shape index (κ3) is 8.66. The minimum Gasteiger partial charge on any atom is -0.321 e. The van der Waals surface area contributed by atoms with Crippen LogP contribution in [0, 0.1) is 11.8 Å². The Hall–Kier alpha value is 0.540. The van der Waals surface area contributed by atoms with Crippen molar-refractivity contribution in [3.8, 4) is 0 Å². The topological polar surface area (TPSA) is 26.3 Å². The minimum absolute atomic E-state index is 0.452. The third-order valence-electron chi connectivity index (χ3n) is 2.65. The quantitative estimate of drug-likeness (QED) is 0.547. The lowest BCUT2D eigenvalue weighted by molar-refractivity contribution is 0.282. The minimum atomic E-state index is -2.41. The molecular formula is C12H27O2PS. The summed E-state index contributed by atoms with van der Waals surface area (Å²) in [6, 6.07) is 0. The molecule has 16 heavy (non-hydrogen) atoms. The van der Waals surface area contributed by atoms with Crippen molar-refractivity contribution in [2.24, 2.45) is 11.8 Å². The monoisotopic (exact) mass is 266 g/mol. The molecule has 4 heteroatoms. The Morgan fingerprint density at radius 3 is 2.25 bits per heavy atom. The van der Waals surface area contributed by atoms with Gasteiger partial charge in [0.1, 0.15) is 0 Å². The maximum Gasteiger partial charge on any atom is 0.254 e. The van der Waals surface area contributed by atoms with Crippen LogP contribution < -0.4 is 0 Å². The Labute approximate surface area is 105 Å². The smallest absolute Gasteiger partial charge is 0.254 e. The summed E-state index contributed by atoms with van der Waals surface area (Å²) >= 11 is 1.51. The van der Waals surface area contributed by atoms with E-state index in [0.29, 0.717) is 12.5 Å². The number of hydrogen-bond donors (Lipinski definition) is 0. The van der Waals surface area contributed by atoms with Gasteiger partial charge in [-0.1, -0.05) is 51.9 Å². The molecule has 0 aliphatic heterocycles. The van der Waals surface area contributed by atoms with E-state index in [4.69, 9.17) is 4.52 Å². The van der Waals surface area contributed by atoms with Crippen LogP contribution in [0.1, 0.15) is 47.0 Å². The van der Waals surface area contributed by atoms with Crippen LogP contribution in [-0.2, 0) is 9.09 Å². The van der Waals surface area contributed by atoms with Gasteiger partial charge in [-0.3, -0.25) is 4.57 Å². The van der Waals surface area contributed by atoms with Crippen molar-refractivity contribution in [3.05, 3.63) is 0 Å². The Balaban J connectivity index is 3.77. The molecule has 0 saturated carbocycles. The number of hydrogen-bond acceptors (Lipinski definition) is 3. The van der Waals surface area contributed by atoms with E-state index in [9.17, 15) is 4.57 Å². The highest BCUT2D eigenvalue weighted by molar-refractivity contribution is 8.56. The lowest BCUT2D eigenvalue weighted by Gasteiger charge is -2.16. The molecule has 0 rings (SSSR count). The van der Waals surface area contributed by atoms with E-state index in [-0.39, 0.29) is 0 Å². The van der Waals surface area contributed by atoms with Gasteiger partial charge < -0.3 is 4.52 Å². The van der Waals surface area contributed by atoms with Crippen LogP contribution in [0.25, 0.3) is 0 Å². The normalized spacial score (nSPS) is 15.7. The fraction of sp³-hybridized carbons (Fsp3) is 1.00. The molecule has 0 N–H and O–H groups in total. The second-order valence-corrected chi connectivity index (χ2v) is 10.00. The van der Waals surface area contributed by atoms with Gasteiger partial charge in [0, 0.05) is 12.4 Å². The zero-order valence-electron chi connectivity index (χ0n) is 11.4. The van der Waals surface area contributed by atoms with E-state index < -0.39 is 6.57 Å². The molecular weight excluding hydrogens is 239 g/mol. The zero-order chi connectivity index (χ0) is 12.6. The van der Waals surface area contributed by atoms with Gasteiger partial charge in [0.25, 0.3) is 6.57 Å². The molecule has 0 spiro atoms. The summed E-state index contributed by atoms with van der Waals surface area (Å²) in [7, 11) is 0. The molecule has 0 amide bonds. The second kappa shape index (κ2) is 8.60. The van der Waals surface area contributed by atoms with Crippen molar-refractivity contribution in [2.75, 3.05) is 19.0 Å². The van der Waals surface area contributed by atoms with Crippen LogP contribution in [0.5, 0.6) is 0 Å². The first-order valence-electron chi connectivity index (χ1n) is 6.27. The van der Waals surface area contributed by atoms with E-state index in [0.717, 1.165) is 18.1 Å². The van der Waals surface area contributed by atoms with E-state index in [1.165, 1.54) is 24.2 Å². The summed E-state index contributed by atoms with van der Waals surface area (Å²) in [6.45, 7) is 8.54. The first kappa shape index (κ1) is 16.5. The molecule has 0 aliphatic rings. The third-order valence-corrected chi connectivity index (χ3v) is 6.43. The van der Waals surface area contributed by atoms with Crippen LogP contribution in [0.2, 0.25) is 0 Å². The molecule has 0 aromatic heterocycles. The maximum atomic E-state index is 12.0. The average molecular weight is 266 g/mol. The van der Waals surface area contributed by atoms with Crippen molar-refractivity contribution in [1.82, 2.24) is 0 Å². The van der Waals surface area contributed by atoms with Crippen molar-refractivity contribution in [2.45, 2.75) is 47.0 Å². The molecule has 0 bridgehead atoms. The maximum absolute atomic E-state index is 12.0. The highest BCUT2D eigenvalue weighted by atomic mass is 32.7. The van der Waals surface area contributed by atoms with Crippen molar-refractivity contribution in [3.63, 3.8) is 0 Å². The molecule has 0 aromatic rings. The molecule has 0 aliphatic carbocycles. The van der Waals surface area contributed by atoms with Crippen LogP contribution in [0.15, 0.2) is 0 Å². The van der Waals surface area contributed by atoms with Gasteiger partial charge in [-0.05, 0) is 18.3 Å². The van der Waals surface area contributed by atoms with Crippen LogP contribution in [0.4, 0.5) is 0 Å². The summed E-state index contributed by atoms with van der Waals surface area (Å²) in [6.07, 6.45) is 3.59. The summed E-state index contributed by atoms with van der Waals surface area (Å²) in [5, 5.41) is 0. The number of rotatable bonds is 9. The zero-order valence-corrected chi connectivity index (χ0v) is 13.1. The van der Waals surface area contributed by atoms with Crippen molar-refractivity contribution in [1.29, 1.82) is 0 Å².